The first-order chi connectivity index (χ1) is 10.0. The lowest BCUT2D eigenvalue weighted by atomic mass is 9.80. The van der Waals surface area contributed by atoms with Crippen molar-refractivity contribution in [2.45, 2.75) is 75.8 Å². The molecular weight excluding hydrogens is 264 g/mol. The van der Waals surface area contributed by atoms with E-state index in [1.807, 2.05) is 0 Å². The predicted octanol–water partition coefficient (Wildman–Crippen LogP) is 0.879. The van der Waals surface area contributed by atoms with Gasteiger partial charge in [-0.3, -0.25) is 11.5 Å². The van der Waals surface area contributed by atoms with Crippen LogP contribution in [-0.4, -0.2) is 17.5 Å². The summed E-state index contributed by atoms with van der Waals surface area (Å²) in [7, 11) is 0. The predicted molar refractivity (Wildman–Crippen MR) is 84.9 cm³/mol. The third kappa shape index (κ3) is 3.03. The van der Waals surface area contributed by atoms with E-state index in [1.54, 1.807) is 0 Å². The molecule has 3 aliphatic rings. The van der Waals surface area contributed by atoms with Crippen molar-refractivity contribution >= 4 is 5.96 Å². The summed E-state index contributed by atoms with van der Waals surface area (Å²) in [6.45, 7) is 0. The van der Waals surface area contributed by atoms with Crippen LogP contribution in [0.5, 0.6) is 0 Å². The van der Waals surface area contributed by atoms with Crippen molar-refractivity contribution in [3.63, 3.8) is 0 Å². The minimum Gasteiger partial charge on any atom is -0.370 e. The van der Waals surface area contributed by atoms with Crippen molar-refractivity contribution in [2.75, 3.05) is 0 Å². The van der Waals surface area contributed by atoms with E-state index in [-0.39, 0.29) is 0 Å². The van der Waals surface area contributed by atoms with E-state index in [4.69, 9.17) is 17.2 Å². The first kappa shape index (κ1) is 15.1. The van der Waals surface area contributed by atoms with E-state index in [0.717, 1.165) is 25.7 Å². The maximum absolute atomic E-state index is 6.64. The lowest BCUT2D eigenvalue weighted by Gasteiger charge is -2.51. The zero-order valence-electron chi connectivity index (χ0n) is 12.9. The van der Waals surface area contributed by atoms with Crippen molar-refractivity contribution < 1.29 is 0 Å². The van der Waals surface area contributed by atoms with Gasteiger partial charge in [0.15, 0.2) is 11.7 Å². The van der Waals surface area contributed by atoms with Crippen molar-refractivity contribution in [1.82, 2.24) is 10.6 Å². The van der Waals surface area contributed by atoms with Crippen LogP contribution in [0, 0.1) is 11.8 Å². The van der Waals surface area contributed by atoms with Gasteiger partial charge < -0.3 is 11.1 Å². The summed E-state index contributed by atoms with van der Waals surface area (Å²) in [5.41, 5.74) is 19.3. The summed E-state index contributed by atoms with van der Waals surface area (Å²) in [6.07, 6.45) is 11.9. The van der Waals surface area contributed by atoms with Gasteiger partial charge in [0.05, 0.1) is 0 Å². The molecule has 0 amide bonds. The van der Waals surface area contributed by atoms with E-state index in [0.29, 0.717) is 17.8 Å². The Morgan fingerprint density at radius 2 is 1.38 bits per heavy atom. The molecule has 6 heteroatoms. The number of rotatable bonds is 2. The van der Waals surface area contributed by atoms with Gasteiger partial charge >= 0.3 is 0 Å². The average Bonchev–Trinajstić information content (AvgIpc) is 2.48. The zero-order chi connectivity index (χ0) is 14.9. The lowest BCUT2D eigenvalue weighted by Crippen LogP contribution is -2.81. The van der Waals surface area contributed by atoms with Crippen LogP contribution in [0.2, 0.25) is 0 Å². The Bertz CT molecular complexity index is 399. The molecule has 0 aromatic heterocycles. The molecule has 0 aromatic carbocycles. The number of hydrogen-bond donors (Lipinski definition) is 5. The Labute approximate surface area is 127 Å². The van der Waals surface area contributed by atoms with E-state index in [9.17, 15) is 0 Å². The van der Waals surface area contributed by atoms with Gasteiger partial charge in [-0.15, -0.1) is 0 Å². The Kier molecular flexibility index (Phi) is 4.12. The highest BCUT2D eigenvalue weighted by Gasteiger charge is 2.48. The molecule has 8 N–H and O–H groups in total. The fraction of sp³-hybridized carbons (Fsp3) is 0.933. The summed E-state index contributed by atoms with van der Waals surface area (Å²) in [4.78, 5) is 4.50. The van der Waals surface area contributed by atoms with E-state index >= 15 is 0 Å². The molecule has 120 valence electrons. The molecule has 2 aliphatic carbocycles. The first-order valence-corrected chi connectivity index (χ1v) is 8.52. The molecule has 2 unspecified atom stereocenters. The average molecular weight is 294 g/mol. The Morgan fingerprint density at radius 1 is 0.857 bits per heavy atom. The second-order valence-electron chi connectivity index (χ2n) is 7.11. The highest BCUT2D eigenvalue weighted by molar-refractivity contribution is 5.79. The minimum absolute atomic E-state index is 0.318. The van der Waals surface area contributed by atoms with E-state index < -0.39 is 11.6 Å². The molecule has 0 saturated heterocycles. The van der Waals surface area contributed by atoms with Crippen molar-refractivity contribution in [1.29, 1.82) is 0 Å². The van der Waals surface area contributed by atoms with Crippen LogP contribution in [0.1, 0.15) is 64.2 Å². The van der Waals surface area contributed by atoms with Gasteiger partial charge in [-0.2, -0.15) is 0 Å². The van der Waals surface area contributed by atoms with Gasteiger partial charge in [0.2, 0.25) is 0 Å². The lowest BCUT2D eigenvalue weighted by molar-refractivity contribution is 0.0489. The molecule has 2 saturated carbocycles. The van der Waals surface area contributed by atoms with Crippen LogP contribution >= 0.6 is 0 Å². The largest absolute Gasteiger partial charge is 0.370 e. The van der Waals surface area contributed by atoms with Crippen molar-refractivity contribution in [3.05, 3.63) is 0 Å². The molecule has 21 heavy (non-hydrogen) atoms. The molecule has 0 bridgehead atoms. The summed E-state index contributed by atoms with van der Waals surface area (Å²) in [5.74, 6) is -0.486. The maximum Gasteiger partial charge on any atom is 0.194 e. The second-order valence-corrected chi connectivity index (χ2v) is 7.11. The van der Waals surface area contributed by atoms with Crippen molar-refractivity contribution in [3.8, 4) is 0 Å². The number of nitrogens with two attached hydrogens (primary N) is 3. The Morgan fingerprint density at radius 3 is 1.95 bits per heavy atom. The third-order valence-electron chi connectivity index (χ3n) is 5.52. The monoisotopic (exact) mass is 294 g/mol. The molecule has 1 aliphatic heterocycles. The zero-order valence-corrected chi connectivity index (χ0v) is 12.9. The van der Waals surface area contributed by atoms with E-state index in [1.165, 1.54) is 38.5 Å². The third-order valence-corrected chi connectivity index (χ3v) is 5.52. The standard InChI is InChI=1S/C15H30N6/c16-13-19-14(17,11-7-3-1-4-8-11)21-15(18,20-13)12-9-5-2-6-10-12/h11-12,21H,1-10,17-18H2,(H3,16,19,20). The molecule has 0 aromatic rings. The molecule has 1 heterocycles. The fourth-order valence-electron chi connectivity index (χ4n) is 4.33. The molecule has 0 radical (unpaired) electrons. The molecular formula is C15H30N6. The number of hydrogen-bond acceptors (Lipinski definition) is 6. The summed E-state index contributed by atoms with van der Waals surface area (Å²) >= 11 is 0. The number of nitrogens with zero attached hydrogens (tertiary/aromatic N) is 1. The molecule has 0 spiro atoms. The molecule has 6 nitrogen and oxygen atoms in total. The van der Waals surface area contributed by atoms with Gasteiger partial charge in [-0.05, 0) is 25.7 Å². The van der Waals surface area contributed by atoms with E-state index in [2.05, 4.69) is 15.6 Å². The summed E-state index contributed by atoms with van der Waals surface area (Å²) < 4.78 is 0. The van der Waals surface area contributed by atoms with Gasteiger partial charge in [0, 0.05) is 11.8 Å². The maximum atomic E-state index is 6.64. The van der Waals surface area contributed by atoms with Gasteiger partial charge in [-0.1, -0.05) is 38.5 Å². The van der Waals surface area contributed by atoms with Crippen LogP contribution < -0.4 is 27.8 Å². The highest BCUT2D eigenvalue weighted by atomic mass is 15.5. The summed E-state index contributed by atoms with van der Waals surface area (Å²) in [5, 5.41) is 6.62. The normalized spacial score (nSPS) is 39.6. The second kappa shape index (κ2) is 5.74. The fourth-order valence-corrected chi connectivity index (χ4v) is 4.33. The van der Waals surface area contributed by atoms with Gasteiger partial charge in [0.1, 0.15) is 5.79 Å². The highest BCUT2D eigenvalue weighted by Crippen LogP contribution is 2.36. The number of aliphatic imine (C=N–C) groups is 1. The van der Waals surface area contributed by atoms with Crippen LogP contribution in [-0.2, 0) is 0 Å². The smallest absolute Gasteiger partial charge is 0.194 e. The van der Waals surface area contributed by atoms with Crippen LogP contribution in [0.4, 0.5) is 0 Å². The Hall–Kier alpha value is -0.850. The van der Waals surface area contributed by atoms with Crippen LogP contribution in [0.25, 0.3) is 0 Å². The molecule has 3 rings (SSSR count). The Balaban J connectivity index is 1.80. The van der Waals surface area contributed by atoms with Crippen LogP contribution in [0.15, 0.2) is 4.99 Å². The van der Waals surface area contributed by atoms with Crippen LogP contribution in [0.3, 0.4) is 0 Å². The number of nitrogens with one attached hydrogen (secondary N) is 2. The van der Waals surface area contributed by atoms with Gasteiger partial charge in [-0.25, -0.2) is 10.3 Å². The summed E-state index contributed by atoms with van der Waals surface area (Å²) in [6, 6.07) is 0. The first-order valence-electron chi connectivity index (χ1n) is 8.52. The quantitative estimate of drug-likeness (QED) is 0.518. The topological polar surface area (TPSA) is 114 Å². The molecule has 2 fully saturated rings. The number of guanidine groups is 1. The molecule has 2 atom stereocenters. The SMILES string of the molecule is NC1=NC(N)(C2CCCCC2)NC(N)(C2CCCCC2)N1. The van der Waals surface area contributed by atoms with Gasteiger partial charge in [0.25, 0.3) is 0 Å². The van der Waals surface area contributed by atoms with Crippen molar-refractivity contribution in [2.24, 2.45) is 34.0 Å². The minimum atomic E-state index is -0.818.